The molecule has 128 valence electrons. The average molecular weight is 339 g/mol. The van der Waals surface area contributed by atoms with Gasteiger partial charge in [0, 0.05) is 23.4 Å². The fraction of sp³-hybridized carbons (Fsp3) is 0.158. The average Bonchev–Trinajstić information content (AvgIpc) is 3.04. The van der Waals surface area contributed by atoms with E-state index in [1.807, 2.05) is 13.0 Å². The first kappa shape index (κ1) is 16.7. The summed E-state index contributed by atoms with van der Waals surface area (Å²) in [5.74, 6) is 0.595. The molecule has 3 rings (SSSR count). The number of halogens is 1. The highest BCUT2D eigenvalue weighted by Gasteiger charge is 2.13. The Bertz CT molecular complexity index is 888. The minimum atomic E-state index is -0.272. The summed E-state index contributed by atoms with van der Waals surface area (Å²) in [6.45, 7) is 2.33. The molecule has 0 atom stereocenters. The van der Waals surface area contributed by atoms with Crippen LogP contribution in [-0.2, 0) is 6.54 Å². The van der Waals surface area contributed by atoms with Crippen LogP contribution in [0.4, 0.5) is 10.2 Å². The van der Waals surface area contributed by atoms with Gasteiger partial charge in [-0.05, 0) is 36.8 Å². The van der Waals surface area contributed by atoms with Crippen LogP contribution in [0.1, 0.15) is 21.5 Å². The predicted molar refractivity (Wildman–Crippen MR) is 93.4 cm³/mol. The number of methoxy groups -OCH3 is 1. The molecular formula is C19H18FN3O2. The normalized spacial score (nSPS) is 10.5. The van der Waals surface area contributed by atoms with E-state index in [9.17, 15) is 9.18 Å². The highest BCUT2D eigenvalue weighted by atomic mass is 19.1. The summed E-state index contributed by atoms with van der Waals surface area (Å²) in [4.78, 5) is 12.5. The zero-order valence-corrected chi connectivity index (χ0v) is 14.0. The predicted octanol–water partition coefficient (Wildman–Crippen LogP) is 3.64. The van der Waals surface area contributed by atoms with Gasteiger partial charge in [0.15, 0.2) is 5.82 Å². The van der Waals surface area contributed by atoms with Crippen molar-refractivity contribution in [1.82, 2.24) is 9.78 Å². The van der Waals surface area contributed by atoms with Crippen molar-refractivity contribution in [3.63, 3.8) is 0 Å². The van der Waals surface area contributed by atoms with Crippen LogP contribution in [0.15, 0.2) is 54.7 Å². The Balaban J connectivity index is 1.71. The molecule has 1 N–H and O–H groups in total. The smallest absolute Gasteiger partial charge is 0.257 e. The molecule has 3 aromatic rings. The molecular weight excluding hydrogens is 321 g/mol. The molecule has 25 heavy (non-hydrogen) atoms. The monoisotopic (exact) mass is 339 g/mol. The Morgan fingerprint density at radius 3 is 2.68 bits per heavy atom. The maximum Gasteiger partial charge on any atom is 0.257 e. The van der Waals surface area contributed by atoms with E-state index >= 15 is 0 Å². The molecule has 0 radical (unpaired) electrons. The van der Waals surface area contributed by atoms with Gasteiger partial charge in [0.05, 0.1) is 13.7 Å². The summed E-state index contributed by atoms with van der Waals surface area (Å²) in [6.07, 6.45) is 1.76. The second-order valence-corrected chi connectivity index (χ2v) is 5.61. The number of carbonyl (C=O) groups is 1. The zero-order valence-electron chi connectivity index (χ0n) is 14.0. The van der Waals surface area contributed by atoms with Gasteiger partial charge in [0.1, 0.15) is 11.6 Å². The summed E-state index contributed by atoms with van der Waals surface area (Å²) < 4.78 is 19.9. The third-order valence-electron chi connectivity index (χ3n) is 3.89. The Labute approximate surface area is 145 Å². The molecule has 0 fully saturated rings. The Kier molecular flexibility index (Phi) is 4.79. The fourth-order valence-electron chi connectivity index (χ4n) is 2.56. The van der Waals surface area contributed by atoms with Crippen molar-refractivity contribution in [2.75, 3.05) is 12.4 Å². The summed E-state index contributed by atoms with van der Waals surface area (Å²) in [7, 11) is 1.57. The molecule has 1 amide bonds. The first-order valence-corrected chi connectivity index (χ1v) is 7.79. The van der Waals surface area contributed by atoms with E-state index in [1.54, 1.807) is 48.3 Å². The van der Waals surface area contributed by atoms with Crippen molar-refractivity contribution >= 4 is 11.7 Å². The molecule has 0 spiro atoms. The molecule has 0 saturated heterocycles. The fourth-order valence-corrected chi connectivity index (χ4v) is 2.56. The molecule has 0 aliphatic heterocycles. The second-order valence-electron chi connectivity index (χ2n) is 5.61. The van der Waals surface area contributed by atoms with Crippen molar-refractivity contribution in [1.29, 1.82) is 0 Å². The summed E-state index contributed by atoms with van der Waals surface area (Å²) >= 11 is 0. The van der Waals surface area contributed by atoms with Crippen LogP contribution in [0.3, 0.4) is 0 Å². The van der Waals surface area contributed by atoms with Crippen molar-refractivity contribution < 1.29 is 13.9 Å². The number of hydrogen-bond donors (Lipinski definition) is 1. The Hall–Kier alpha value is -3.15. The van der Waals surface area contributed by atoms with Crippen LogP contribution in [0.25, 0.3) is 0 Å². The number of rotatable bonds is 5. The summed E-state index contributed by atoms with van der Waals surface area (Å²) in [5.41, 5.74) is 2.23. The zero-order chi connectivity index (χ0) is 17.8. The number of nitrogens with zero attached hydrogens (tertiary/aromatic N) is 2. The molecule has 2 aromatic carbocycles. The van der Waals surface area contributed by atoms with E-state index in [1.165, 1.54) is 12.1 Å². The molecule has 1 aromatic heterocycles. The first-order valence-electron chi connectivity index (χ1n) is 7.79. The highest BCUT2D eigenvalue weighted by molar-refractivity contribution is 6.05. The van der Waals surface area contributed by atoms with Crippen LogP contribution in [0.2, 0.25) is 0 Å². The Morgan fingerprint density at radius 1 is 1.20 bits per heavy atom. The summed E-state index contributed by atoms with van der Waals surface area (Å²) in [6, 6.07) is 13.3. The van der Waals surface area contributed by atoms with Gasteiger partial charge in [-0.1, -0.05) is 18.2 Å². The number of amides is 1. The number of hydrogen-bond acceptors (Lipinski definition) is 3. The highest BCUT2D eigenvalue weighted by Crippen LogP contribution is 2.21. The number of benzene rings is 2. The van der Waals surface area contributed by atoms with Crippen molar-refractivity contribution in [3.05, 3.63) is 77.2 Å². The van der Waals surface area contributed by atoms with Crippen LogP contribution in [0.5, 0.6) is 5.75 Å². The molecule has 5 nitrogen and oxygen atoms in total. The second kappa shape index (κ2) is 7.17. The number of aromatic nitrogens is 2. The molecule has 0 unspecified atom stereocenters. The van der Waals surface area contributed by atoms with E-state index in [4.69, 9.17) is 4.74 Å². The Morgan fingerprint density at radius 2 is 1.96 bits per heavy atom. The van der Waals surface area contributed by atoms with Crippen molar-refractivity contribution in [3.8, 4) is 5.75 Å². The van der Waals surface area contributed by atoms with Crippen LogP contribution < -0.4 is 10.1 Å². The van der Waals surface area contributed by atoms with Gasteiger partial charge in [-0.3, -0.25) is 9.48 Å². The lowest BCUT2D eigenvalue weighted by Crippen LogP contribution is -2.14. The SMILES string of the molecule is COc1cccc(C(=O)Nc2ccn(Cc3ccc(F)cc3)n2)c1C. The van der Waals surface area contributed by atoms with Gasteiger partial charge in [-0.2, -0.15) is 5.10 Å². The minimum Gasteiger partial charge on any atom is -0.496 e. The summed E-state index contributed by atoms with van der Waals surface area (Å²) in [5, 5.41) is 7.10. The third-order valence-corrected chi connectivity index (χ3v) is 3.89. The lowest BCUT2D eigenvalue weighted by Gasteiger charge is -2.09. The standard InChI is InChI=1S/C19H18FN3O2/c1-13-16(4-3-5-17(13)25-2)19(24)21-18-10-11-23(22-18)12-14-6-8-15(20)9-7-14/h3-11H,12H2,1-2H3,(H,21,22,24). The number of carbonyl (C=O) groups excluding carboxylic acids is 1. The maximum atomic E-state index is 12.9. The van der Waals surface area contributed by atoms with Gasteiger partial charge in [0.25, 0.3) is 5.91 Å². The van der Waals surface area contributed by atoms with E-state index in [-0.39, 0.29) is 11.7 Å². The largest absolute Gasteiger partial charge is 0.496 e. The maximum absolute atomic E-state index is 12.9. The van der Waals surface area contributed by atoms with Gasteiger partial charge in [-0.15, -0.1) is 0 Å². The van der Waals surface area contributed by atoms with Crippen molar-refractivity contribution in [2.24, 2.45) is 0 Å². The molecule has 0 aliphatic rings. The van der Waals surface area contributed by atoms with E-state index in [0.29, 0.717) is 23.7 Å². The van der Waals surface area contributed by atoms with Gasteiger partial charge in [-0.25, -0.2) is 4.39 Å². The van der Waals surface area contributed by atoms with E-state index < -0.39 is 0 Å². The molecule has 0 bridgehead atoms. The van der Waals surface area contributed by atoms with Crippen LogP contribution in [-0.4, -0.2) is 22.8 Å². The topological polar surface area (TPSA) is 56.1 Å². The number of anilines is 1. The molecule has 0 aliphatic carbocycles. The van der Waals surface area contributed by atoms with Gasteiger partial charge in [0.2, 0.25) is 0 Å². The quantitative estimate of drug-likeness (QED) is 0.772. The minimum absolute atomic E-state index is 0.247. The lowest BCUT2D eigenvalue weighted by atomic mass is 10.1. The van der Waals surface area contributed by atoms with Gasteiger partial charge < -0.3 is 10.1 Å². The molecule has 0 saturated carbocycles. The van der Waals surface area contributed by atoms with Crippen LogP contribution in [0, 0.1) is 12.7 Å². The molecule has 1 heterocycles. The number of nitrogens with one attached hydrogen (secondary N) is 1. The van der Waals surface area contributed by atoms with Crippen molar-refractivity contribution in [2.45, 2.75) is 13.5 Å². The van der Waals surface area contributed by atoms with E-state index in [2.05, 4.69) is 10.4 Å². The van der Waals surface area contributed by atoms with E-state index in [0.717, 1.165) is 11.1 Å². The van der Waals surface area contributed by atoms with Gasteiger partial charge >= 0.3 is 0 Å². The van der Waals surface area contributed by atoms with Crippen LogP contribution >= 0.6 is 0 Å². The third kappa shape index (κ3) is 3.85. The first-order chi connectivity index (χ1) is 12.1. The lowest BCUT2D eigenvalue weighted by molar-refractivity contribution is 0.102. The molecule has 6 heteroatoms. The number of ether oxygens (including phenoxy) is 1.